The topological polar surface area (TPSA) is 52.7 Å². The monoisotopic (exact) mass is 455 g/mol. The van der Waals surface area contributed by atoms with Crippen LogP contribution in [0.2, 0.25) is 0 Å². The first-order valence-corrected chi connectivity index (χ1v) is 11.8. The van der Waals surface area contributed by atoms with Gasteiger partial charge in [0.1, 0.15) is 11.6 Å². The minimum Gasteiger partial charge on any atom is -0.347 e. The number of nitrogens with one attached hydrogen (secondary N) is 1. The summed E-state index contributed by atoms with van der Waals surface area (Å²) in [6.45, 7) is 2.36. The summed E-state index contributed by atoms with van der Waals surface area (Å²) in [7, 11) is 0. The molecule has 176 valence electrons. The Balaban J connectivity index is 1.34. The van der Waals surface area contributed by atoms with Gasteiger partial charge in [0.15, 0.2) is 0 Å². The number of nitrogens with zero attached hydrogens (tertiary/aromatic N) is 2. The van der Waals surface area contributed by atoms with Gasteiger partial charge in [-0.1, -0.05) is 37.1 Å². The second kappa shape index (κ2) is 10.9. The van der Waals surface area contributed by atoms with Gasteiger partial charge in [0.05, 0.1) is 12.6 Å². The van der Waals surface area contributed by atoms with Crippen LogP contribution in [0.1, 0.15) is 49.3 Å². The fraction of sp³-hybridized carbons (Fsp3) is 0.462. The maximum Gasteiger partial charge on any atom is 0.242 e. The van der Waals surface area contributed by atoms with E-state index >= 15 is 0 Å². The number of rotatable bonds is 7. The molecule has 4 rings (SSSR count). The second-order valence-electron chi connectivity index (χ2n) is 9.05. The van der Waals surface area contributed by atoms with Gasteiger partial charge in [-0.2, -0.15) is 0 Å². The van der Waals surface area contributed by atoms with Gasteiger partial charge < -0.3 is 10.2 Å². The van der Waals surface area contributed by atoms with Gasteiger partial charge in [-0.25, -0.2) is 8.78 Å². The van der Waals surface area contributed by atoms with Crippen molar-refractivity contribution >= 4 is 11.8 Å². The molecule has 7 heteroatoms. The van der Waals surface area contributed by atoms with Crippen LogP contribution in [-0.2, 0) is 9.59 Å². The molecule has 0 atom stereocenters. The lowest BCUT2D eigenvalue weighted by atomic mass is 9.96. The van der Waals surface area contributed by atoms with Crippen molar-refractivity contribution in [1.82, 2.24) is 15.1 Å². The molecule has 1 aliphatic carbocycles. The lowest BCUT2D eigenvalue weighted by Gasteiger charge is -2.39. The van der Waals surface area contributed by atoms with Crippen molar-refractivity contribution in [2.24, 2.45) is 5.92 Å². The van der Waals surface area contributed by atoms with Crippen LogP contribution in [0.25, 0.3) is 0 Å². The van der Waals surface area contributed by atoms with Crippen molar-refractivity contribution in [3.63, 3.8) is 0 Å². The predicted octanol–water partition coefficient (Wildman–Crippen LogP) is 3.89. The minimum atomic E-state index is -0.304. The third-order valence-corrected chi connectivity index (χ3v) is 6.79. The van der Waals surface area contributed by atoms with E-state index in [0.717, 1.165) is 24.0 Å². The van der Waals surface area contributed by atoms with E-state index in [9.17, 15) is 18.4 Å². The van der Waals surface area contributed by atoms with Crippen LogP contribution in [0.15, 0.2) is 48.5 Å². The summed E-state index contributed by atoms with van der Waals surface area (Å²) in [6, 6.07) is 12.6. The maximum atomic E-state index is 13.5. The molecule has 2 aliphatic rings. The molecule has 2 aromatic carbocycles. The molecule has 1 aliphatic heterocycles. The van der Waals surface area contributed by atoms with Crippen molar-refractivity contribution in [2.45, 2.75) is 38.1 Å². The van der Waals surface area contributed by atoms with Crippen molar-refractivity contribution in [3.05, 3.63) is 71.3 Å². The fourth-order valence-electron chi connectivity index (χ4n) is 4.97. The zero-order valence-corrected chi connectivity index (χ0v) is 18.8. The van der Waals surface area contributed by atoms with Crippen molar-refractivity contribution in [1.29, 1.82) is 0 Å². The molecule has 1 saturated carbocycles. The van der Waals surface area contributed by atoms with Gasteiger partial charge in [0.25, 0.3) is 0 Å². The van der Waals surface area contributed by atoms with Gasteiger partial charge in [0, 0.05) is 32.6 Å². The molecule has 2 fully saturated rings. The van der Waals surface area contributed by atoms with Crippen LogP contribution >= 0.6 is 0 Å². The zero-order valence-electron chi connectivity index (χ0n) is 18.8. The van der Waals surface area contributed by atoms with Crippen LogP contribution in [0.5, 0.6) is 0 Å². The summed E-state index contributed by atoms with van der Waals surface area (Å²) >= 11 is 0. The highest BCUT2D eigenvalue weighted by atomic mass is 19.1. The molecule has 33 heavy (non-hydrogen) atoms. The van der Waals surface area contributed by atoms with Crippen LogP contribution in [0, 0.1) is 17.6 Å². The average Bonchev–Trinajstić information content (AvgIpc) is 3.33. The molecular weight excluding hydrogens is 424 g/mol. The smallest absolute Gasteiger partial charge is 0.242 e. The molecule has 0 bridgehead atoms. The molecule has 2 amide bonds. The predicted molar refractivity (Wildman–Crippen MR) is 122 cm³/mol. The summed E-state index contributed by atoms with van der Waals surface area (Å²) in [4.78, 5) is 28.8. The summed E-state index contributed by atoms with van der Waals surface area (Å²) in [5.74, 6) is -0.265. The van der Waals surface area contributed by atoms with Crippen molar-refractivity contribution < 1.29 is 18.4 Å². The van der Waals surface area contributed by atoms with E-state index in [-0.39, 0.29) is 36.0 Å². The van der Waals surface area contributed by atoms with E-state index in [1.165, 1.54) is 37.1 Å². The zero-order chi connectivity index (χ0) is 23.2. The summed E-state index contributed by atoms with van der Waals surface area (Å²) in [6.07, 6.45) is 5.10. The Morgan fingerprint density at radius 1 is 0.848 bits per heavy atom. The van der Waals surface area contributed by atoms with E-state index in [2.05, 4.69) is 10.2 Å². The number of benzene rings is 2. The number of carbonyl (C=O) groups is 2. The molecule has 1 heterocycles. The Morgan fingerprint density at radius 2 is 1.36 bits per heavy atom. The lowest BCUT2D eigenvalue weighted by molar-refractivity contribution is -0.134. The van der Waals surface area contributed by atoms with Crippen molar-refractivity contribution in [3.8, 4) is 0 Å². The second-order valence-corrected chi connectivity index (χ2v) is 9.05. The molecular formula is C26H31F2N3O2. The highest BCUT2D eigenvalue weighted by Gasteiger charge is 2.28. The van der Waals surface area contributed by atoms with E-state index < -0.39 is 0 Å². The summed E-state index contributed by atoms with van der Waals surface area (Å²) in [5.41, 5.74) is 1.84. The van der Waals surface area contributed by atoms with Gasteiger partial charge in [-0.3, -0.25) is 14.5 Å². The van der Waals surface area contributed by atoms with Gasteiger partial charge in [0.2, 0.25) is 11.8 Å². The minimum absolute atomic E-state index is 0.0326. The SMILES string of the molecule is O=C(CC1CCCC1)NCC(=O)N1CCN(C(c2ccc(F)cc2)c2ccc(F)cc2)CC1. The highest BCUT2D eigenvalue weighted by molar-refractivity contribution is 5.84. The summed E-state index contributed by atoms with van der Waals surface area (Å²) < 4.78 is 27.0. The fourth-order valence-corrected chi connectivity index (χ4v) is 4.97. The van der Waals surface area contributed by atoms with Crippen LogP contribution < -0.4 is 5.32 Å². The Morgan fingerprint density at radius 3 is 1.88 bits per heavy atom. The Kier molecular flexibility index (Phi) is 7.70. The molecule has 1 N–H and O–H groups in total. The molecule has 2 aromatic rings. The number of amides is 2. The van der Waals surface area contributed by atoms with Crippen LogP contribution in [0.4, 0.5) is 8.78 Å². The number of hydrogen-bond donors (Lipinski definition) is 1. The van der Waals surface area contributed by atoms with Crippen molar-refractivity contribution in [2.75, 3.05) is 32.7 Å². The molecule has 1 saturated heterocycles. The van der Waals surface area contributed by atoms with Gasteiger partial charge >= 0.3 is 0 Å². The lowest BCUT2D eigenvalue weighted by Crippen LogP contribution is -2.52. The molecule has 0 aromatic heterocycles. The maximum absolute atomic E-state index is 13.5. The normalized spacial score (nSPS) is 17.5. The van der Waals surface area contributed by atoms with E-state index in [1.807, 2.05) is 0 Å². The van der Waals surface area contributed by atoms with E-state index in [1.54, 1.807) is 29.2 Å². The quantitative estimate of drug-likeness (QED) is 0.689. The Labute approximate surface area is 193 Å². The third kappa shape index (κ3) is 6.16. The Hall–Kier alpha value is -2.80. The van der Waals surface area contributed by atoms with Gasteiger partial charge in [-0.15, -0.1) is 0 Å². The number of hydrogen-bond acceptors (Lipinski definition) is 3. The first-order valence-electron chi connectivity index (χ1n) is 11.8. The number of piperazine rings is 1. The Bertz CT molecular complexity index is 890. The number of halogens is 2. The van der Waals surface area contributed by atoms with Crippen LogP contribution in [-0.4, -0.2) is 54.3 Å². The largest absolute Gasteiger partial charge is 0.347 e. The first-order chi connectivity index (χ1) is 16.0. The average molecular weight is 456 g/mol. The standard InChI is InChI=1S/C26H31F2N3O2/c27-22-9-5-20(6-10-22)26(21-7-11-23(28)12-8-21)31-15-13-30(14-16-31)25(33)18-29-24(32)17-19-3-1-2-4-19/h5-12,19,26H,1-4,13-18H2,(H,29,32). The highest BCUT2D eigenvalue weighted by Crippen LogP contribution is 2.30. The summed E-state index contributed by atoms with van der Waals surface area (Å²) in [5, 5.41) is 2.79. The van der Waals surface area contributed by atoms with E-state index in [4.69, 9.17) is 0 Å². The molecule has 0 radical (unpaired) electrons. The van der Waals surface area contributed by atoms with Crippen LogP contribution in [0.3, 0.4) is 0 Å². The van der Waals surface area contributed by atoms with E-state index in [0.29, 0.717) is 38.5 Å². The number of carbonyl (C=O) groups excluding carboxylic acids is 2. The third-order valence-electron chi connectivity index (χ3n) is 6.79. The molecule has 0 unspecified atom stereocenters. The molecule has 0 spiro atoms. The first kappa shape index (κ1) is 23.4. The van der Waals surface area contributed by atoms with Gasteiger partial charge in [-0.05, 0) is 54.2 Å². The molecule has 5 nitrogen and oxygen atoms in total.